The molecular weight excluding hydrogens is 829 g/mol. The van der Waals surface area contributed by atoms with Crippen LogP contribution in [0.15, 0.2) is 96.1 Å². The number of hydrogen-bond donors (Lipinski definition) is 0. The van der Waals surface area contributed by atoms with Gasteiger partial charge in [-0.2, -0.15) is 0 Å². The minimum absolute atomic E-state index is 0.129. The lowest BCUT2D eigenvalue weighted by atomic mass is 10.1. The zero-order valence-electron chi connectivity index (χ0n) is 26.1. The summed E-state index contributed by atoms with van der Waals surface area (Å²) in [7, 11) is 5.99. The van der Waals surface area contributed by atoms with Crippen molar-refractivity contribution in [3.63, 3.8) is 0 Å². The lowest BCUT2D eigenvalue weighted by Gasteiger charge is -2.11. The van der Waals surface area contributed by atoms with E-state index < -0.39 is 67.5 Å². The molecule has 0 amide bonds. The zero-order chi connectivity index (χ0) is 36.6. The van der Waals surface area contributed by atoms with Gasteiger partial charge in [0.05, 0.1) is 20.9 Å². The Morgan fingerprint density at radius 3 is 1.22 bits per heavy atom. The molecule has 0 aliphatic carbocycles. The van der Waals surface area contributed by atoms with Crippen LogP contribution >= 0.6 is 89.4 Å². The van der Waals surface area contributed by atoms with E-state index in [-0.39, 0.29) is 9.75 Å². The van der Waals surface area contributed by atoms with Crippen LogP contribution < -0.4 is 0 Å². The number of hydrogen-bond acceptors (Lipinski definition) is 8. The van der Waals surface area contributed by atoms with Crippen LogP contribution in [0.4, 0.5) is 35.1 Å². The molecular formula is C35H20F8S8. The molecule has 6 rings (SSSR count). The van der Waals surface area contributed by atoms with E-state index in [1.807, 2.05) is 12.5 Å². The van der Waals surface area contributed by atoms with Crippen LogP contribution in [0, 0.1) is 53.5 Å². The highest BCUT2D eigenvalue weighted by atomic mass is 33.1. The number of rotatable bonds is 11. The molecule has 6 aromatic rings. The van der Waals surface area contributed by atoms with Gasteiger partial charge in [-0.1, -0.05) is 66.7 Å². The molecule has 0 bridgehead atoms. The molecule has 0 unspecified atom stereocenters. The van der Waals surface area contributed by atoms with Crippen molar-refractivity contribution < 1.29 is 35.1 Å². The molecule has 264 valence electrons. The maximum Gasteiger partial charge on any atom is 0.176 e. The van der Waals surface area contributed by atoms with Crippen LogP contribution in [-0.2, 0) is 0 Å². The van der Waals surface area contributed by atoms with Crippen LogP contribution in [0.5, 0.6) is 0 Å². The monoisotopic (exact) mass is 848 g/mol. The van der Waals surface area contributed by atoms with Gasteiger partial charge in [0.1, 0.15) is 0 Å². The summed E-state index contributed by atoms with van der Waals surface area (Å²) in [5.41, 5.74) is -1.36. The van der Waals surface area contributed by atoms with Crippen LogP contribution in [0.25, 0.3) is 30.6 Å². The molecule has 0 fully saturated rings. The molecule has 0 spiro atoms. The summed E-state index contributed by atoms with van der Waals surface area (Å²) in [5.74, 6) is -12.5. The number of thiophene rings is 2. The smallest absolute Gasteiger partial charge is 0.176 e. The van der Waals surface area contributed by atoms with Crippen LogP contribution in [0.3, 0.4) is 0 Å². The second kappa shape index (κ2) is 16.5. The maximum absolute atomic E-state index is 15.5. The van der Waals surface area contributed by atoms with Gasteiger partial charge in [-0.3, -0.25) is 0 Å². The van der Waals surface area contributed by atoms with E-state index in [1.165, 1.54) is 61.4 Å². The molecule has 4 aromatic carbocycles. The topological polar surface area (TPSA) is 0 Å². The predicted molar refractivity (Wildman–Crippen MR) is 203 cm³/mol. The van der Waals surface area contributed by atoms with E-state index in [1.54, 1.807) is 55.5 Å². The Balaban J connectivity index is 1.30. The number of benzene rings is 4. The average Bonchev–Trinajstić information content (AvgIpc) is 3.75. The van der Waals surface area contributed by atoms with Gasteiger partial charge in [0.15, 0.2) is 46.5 Å². The molecule has 51 heavy (non-hydrogen) atoms. The zero-order valence-corrected chi connectivity index (χ0v) is 32.7. The van der Waals surface area contributed by atoms with Gasteiger partial charge in [0.2, 0.25) is 0 Å². The molecule has 0 saturated carbocycles. The van der Waals surface area contributed by atoms with Gasteiger partial charge >= 0.3 is 0 Å². The Hall–Kier alpha value is -2.18. The van der Waals surface area contributed by atoms with Gasteiger partial charge in [-0.05, 0) is 91.7 Å². The first kappa shape index (κ1) is 38.5. The van der Waals surface area contributed by atoms with E-state index >= 15 is 35.1 Å². The maximum atomic E-state index is 15.5. The van der Waals surface area contributed by atoms with Gasteiger partial charge in [-0.25, -0.2) is 35.1 Å². The van der Waals surface area contributed by atoms with E-state index in [0.29, 0.717) is 48.6 Å². The molecule has 0 aliphatic heterocycles. The summed E-state index contributed by atoms with van der Waals surface area (Å²) < 4.78 is 123. The summed E-state index contributed by atoms with van der Waals surface area (Å²) in [6, 6.07) is 17.3. The normalized spacial score (nSPS) is 11.5. The first-order valence-corrected chi connectivity index (χ1v) is 22.7. The molecule has 0 radical (unpaired) electrons. The fourth-order valence-corrected chi connectivity index (χ4v) is 11.7. The summed E-state index contributed by atoms with van der Waals surface area (Å²) in [4.78, 5) is 1.34. The van der Waals surface area contributed by atoms with Crippen LogP contribution in [-0.4, -0.2) is 12.5 Å². The lowest BCUT2D eigenvalue weighted by molar-refractivity contribution is 0.430. The largest absolute Gasteiger partial charge is 0.203 e. The van der Waals surface area contributed by atoms with Crippen molar-refractivity contribution in [3.8, 4) is 30.6 Å². The minimum Gasteiger partial charge on any atom is -0.203 e. The fraction of sp³-hybridized carbons (Fsp3) is 0.0857. The van der Waals surface area contributed by atoms with Crippen LogP contribution in [0.2, 0.25) is 0 Å². The highest BCUT2D eigenvalue weighted by molar-refractivity contribution is 8.76. The quantitative estimate of drug-likeness (QED) is 0.0718. The Labute approximate surface area is 320 Å². The lowest BCUT2D eigenvalue weighted by Crippen LogP contribution is -2.01. The standard InChI is InChI=1S/C35H20F8S8/c1-15-14-22(24-27(38)31(42)35(32(43)28(24)39)47-17-6-10-19(11-7-17)51-45-3)49-33(15)21-13-12-20(48-21)23-25(36)29(40)34(30(41)26(23)37)46-16-4-8-18(9-5-16)50-44-2/h4-14H,1-3H3. The van der Waals surface area contributed by atoms with E-state index in [9.17, 15) is 0 Å². The molecule has 0 nitrogen and oxygen atoms in total. The number of aryl methyl sites for hydroxylation is 1. The first-order valence-electron chi connectivity index (χ1n) is 14.3. The third kappa shape index (κ3) is 7.89. The van der Waals surface area contributed by atoms with Crippen molar-refractivity contribution >= 4 is 89.4 Å². The molecule has 0 N–H and O–H groups in total. The van der Waals surface area contributed by atoms with Crippen molar-refractivity contribution in [2.24, 2.45) is 0 Å². The molecule has 0 saturated heterocycles. The molecule has 0 atom stereocenters. The van der Waals surface area contributed by atoms with Gasteiger partial charge in [0.25, 0.3) is 0 Å². The second-order valence-corrected chi connectivity index (χ2v) is 19.6. The minimum atomic E-state index is -1.58. The fourth-order valence-electron chi connectivity index (χ4n) is 4.83. The highest BCUT2D eigenvalue weighted by Crippen LogP contribution is 2.48. The molecule has 16 heteroatoms. The Morgan fingerprint density at radius 2 is 0.804 bits per heavy atom. The average molecular weight is 849 g/mol. The molecule has 0 aliphatic rings. The van der Waals surface area contributed by atoms with Gasteiger partial charge in [-0.15, -0.1) is 22.7 Å². The molecule has 2 heterocycles. The van der Waals surface area contributed by atoms with Crippen molar-refractivity contribution in [1.29, 1.82) is 0 Å². The third-order valence-corrected chi connectivity index (χ3v) is 15.2. The highest BCUT2D eigenvalue weighted by Gasteiger charge is 2.30. The third-order valence-electron chi connectivity index (χ3n) is 7.13. The van der Waals surface area contributed by atoms with Crippen molar-refractivity contribution in [2.45, 2.75) is 36.3 Å². The van der Waals surface area contributed by atoms with Crippen molar-refractivity contribution in [2.75, 3.05) is 12.5 Å². The number of halogens is 8. The summed E-state index contributed by atoms with van der Waals surface area (Å²) in [6.45, 7) is 1.58. The summed E-state index contributed by atoms with van der Waals surface area (Å²) in [6.07, 6.45) is 3.78. The Morgan fingerprint density at radius 1 is 0.431 bits per heavy atom. The van der Waals surface area contributed by atoms with Crippen LogP contribution in [0.1, 0.15) is 5.56 Å². The van der Waals surface area contributed by atoms with Gasteiger partial charge in [0, 0.05) is 39.1 Å². The summed E-state index contributed by atoms with van der Waals surface area (Å²) in [5, 5.41) is 0. The molecule has 2 aromatic heterocycles. The van der Waals surface area contributed by atoms with Gasteiger partial charge < -0.3 is 0 Å². The second-order valence-electron chi connectivity index (χ2n) is 10.4. The van der Waals surface area contributed by atoms with Crippen molar-refractivity contribution in [1.82, 2.24) is 0 Å². The Kier molecular flexibility index (Phi) is 12.4. The first-order chi connectivity index (χ1) is 24.4. The SMILES string of the molecule is CSSc1ccc(Sc2c(F)c(F)c(-c3ccc(-c4sc(-c5c(F)c(F)c(Sc6ccc(SSC)cc6)c(F)c5F)cc4C)s3)c(F)c2F)cc1. The van der Waals surface area contributed by atoms with E-state index in [0.717, 1.165) is 32.5 Å². The predicted octanol–water partition coefficient (Wildman–Crippen LogP) is 15.3. The van der Waals surface area contributed by atoms with E-state index in [2.05, 4.69) is 0 Å². The van der Waals surface area contributed by atoms with Crippen molar-refractivity contribution in [3.05, 3.63) is 119 Å². The van der Waals surface area contributed by atoms with E-state index in [4.69, 9.17) is 0 Å². The Bertz CT molecular complexity index is 2170. The summed E-state index contributed by atoms with van der Waals surface area (Å²) >= 11 is 2.70.